The average molecular weight is 252 g/mol. The average Bonchev–Trinajstić information content (AvgIpc) is 2.96. The van der Waals surface area contributed by atoms with Crippen LogP contribution in [0, 0.1) is 5.92 Å². The van der Waals surface area contributed by atoms with Crippen LogP contribution in [0.5, 0.6) is 0 Å². The molecule has 1 fully saturated rings. The van der Waals surface area contributed by atoms with E-state index in [9.17, 15) is 9.90 Å². The minimum atomic E-state index is -0.696. The Balaban J connectivity index is 1.95. The van der Waals surface area contributed by atoms with Gasteiger partial charge in [-0.05, 0) is 12.8 Å². The molecule has 0 aromatic carbocycles. The van der Waals surface area contributed by atoms with Crippen molar-refractivity contribution in [2.45, 2.75) is 31.3 Å². The molecular formula is C12H20N4O2. The van der Waals surface area contributed by atoms with Crippen LogP contribution in [0.3, 0.4) is 0 Å². The van der Waals surface area contributed by atoms with Crippen LogP contribution in [-0.2, 0) is 11.8 Å². The Morgan fingerprint density at radius 1 is 1.72 bits per heavy atom. The molecule has 0 bridgehead atoms. The van der Waals surface area contributed by atoms with Crippen LogP contribution in [0.15, 0.2) is 12.4 Å². The lowest BCUT2D eigenvalue weighted by Crippen LogP contribution is -2.43. The third-order valence-electron chi connectivity index (χ3n) is 3.59. The summed E-state index contributed by atoms with van der Waals surface area (Å²) in [6.45, 7) is 0.118. The van der Waals surface area contributed by atoms with E-state index >= 15 is 0 Å². The second kappa shape index (κ2) is 5.49. The van der Waals surface area contributed by atoms with E-state index in [-0.39, 0.29) is 24.5 Å². The van der Waals surface area contributed by atoms with E-state index in [0.717, 1.165) is 19.3 Å². The van der Waals surface area contributed by atoms with E-state index < -0.39 is 6.04 Å². The highest BCUT2D eigenvalue weighted by atomic mass is 16.3. The number of carbonyl (C=O) groups is 1. The van der Waals surface area contributed by atoms with Gasteiger partial charge in [0.15, 0.2) is 0 Å². The van der Waals surface area contributed by atoms with Crippen molar-refractivity contribution in [3.63, 3.8) is 0 Å². The molecule has 1 aromatic rings. The fraction of sp³-hybridized carbons (Fsp3) is 0.667. The zero-order chi connectivity index (χ0) is 13.1. The molecule has 3 atom stereocenters. The van der Waals surface area contributed by atoms with Crippen LogP contribution < -0.4 is 11.1 Å². The van der Waals surface area contributed by atoms with Gasteiger partial charge in [-0.3, -0.25) is 9.48 Å². The number of aliphatic hydroxyl groups excluding tert-OH is 1. The summed E-state index contributed by atoms with van der Waals surface area (Å²) in [6, 6.07) is -0.649. The maximum atomic E-state index is 12.0. The third-order valence-corrected chi connectivity index (χ3v) is 3.59. The summed E-state index contributed by atoms with van der Waals surface area (Å²) in [5.41, 5.74) is 6.59. The maximum absolute atomic E-state index is 12.0. The van der Waals surface area contributed by atoms with Crippen LogP contribution in [0.2, 0.25) is 0 Å². The lowest BCUT2D eigenvalue weighted by Gasteiger charge is -2.21. The summed E-state index contributed by atoms with van der Waals surface area (Å²) >= 11 is 0. The molecule has 18 heavy (non-hydrogen) atoms. The number of aliphatic hydroxyl groups is 1. The molecule has 3 unspecified atom stereocenters. The summed E-state index contributed by atoms with van der Waals surface area (Å²) in [5.74, 6) is -0.0385. The maximum Gasteiger partial charge on any atom is 0.241 e. The molecule has 0 aliphatic heterocycles. The number of nitrogens with two attached hydrogens (primary N) is 1. The number of carbonyl (C=O) groups excluding carboxylic acids is 1. The van der Waals surface area contributed by atoms with Crippen LogP contribution in [0.4, 0.5) is 0 Å². The van der Waals surface area contributed by atoms with E-state index in [1.165, 1.54) is 0 Å². The number of aryl methyl sites for hydroxylation is 1. The van der Waals surface area contributed by atoms with Gasteiger partial charge in [-0.1, -0.05) is 6.42 Å². The Labute approximate surface area is 106 Å². The molecule has 1 aliphatic rings. The number of amides is 1. The van der Waals surface area contributed by atoms with Gasteiger partial charge >= 0.3 is 0 Å². The highest BCUT2D eigenvalue weighted by Gasteiger charge is 2.29. The first-order valence-electron chi connectivity index (χ1n) is 6.27. The van der Waals surface area contributed by atoms with Crippen molar-refractivity contribution < 1.29 is 9.90 Å². The van der Waals surface area contributed by atoms with Gasteiger partial charge in [0.05, 0.1) is 6.20 Å². The number of hydrogen-bond acceptors (Lipinski definition) is 4. The standard InChI is InChI=1S/C12H20N4O2/c1-16-6-9(5-14-16)11(13)12(18)15-10-4-2-3-8(10)7-17/h5-6,8,10-11,17H,2-4,7,13H2,1H3,(H,15,18). The van der Waals surface area contributed by atoms with Gasteiger partial charge in [-0.15, -0.1) is 0 Å². The highest BCUT2D eigenvalue weighted by Crippen LogP contribution is 2.25. The van der Waals surface area contributed by atoms with Gasteiger partial charge in [0, 0.05) is 37.4 Å². The van der Waals surface area contributed by atoms with Crippen LogP contribution >= 0.6 is 0 Å². The van der Waals surface area contributed by atoms with Gasteiger partial charge in [-0.25, -0.2) is 0 Å². The summed E-state index contributed by atoms with van der Waals surface area (Å²) < 4.78 is 1.62. The van der Waals surface area contributed by atoms with E-state index in [0.29, 0.717) is 5.56 Å². The Morgan fingerprint density at radius 2 is 2.50 bits per heavy atom. The summed E-state index contributed by atoms with van der Waals surface area (Å²) in [6.07, 6.45) is 6.25. The predicted molar refractivity (Wildman–Crippen MR) is 66.5 cm³/mol. The van der Waals surface area contributed by atoms with Crippen LogP contribution in [-0.4, -0.2) is 33.4 Å². The van der Waals surface area contributed by atoms with E-state index in [2.05, 4.69) is 10.4 Å². The van der Waals surface area contributed by atoms with Crippen molar-refractivity contribution in [1.29, 1.82) is 0 Å². The second-order valence-corrected chi connectivity index (χ2v) is 4.91. The monoisotopic (exact) mass is 252 g/mol. The van der Waals surface area contributed by atoms with Gasteiger partial charge in [0.2, 0.25) is 5.91 Å². The molecule has 0 spiro atoms. The first-order valence-corrected chi connectivity index (χ1v) is 6.27. The second-order valence-electron chi connectivity index (χ2n) is 4.91. The molecule has 1 amide bonds. The van der Waals surface area contributed by atoms with Gasteiger partial charge in [0.1, 0.15) is 6.04 Å². The van der Waals surface area contributed by atoms with E-state index in [4.69, 9.17) is 5.73 Å². The molecule has 2 rings (SSSR count). The fourth-order valence-electron chi connectivity index (χ4n) is 2.47. The summed E-state index contributed by atoms with van der Waals surface area (Å²) in [7, 11) is 1.78. The van der Waals surface area contributed by atoms with Gasteiger partial charge in [-0.2, -0.15) is 5.10 Å². The van der Waals surface area contributed by atoms with Crippen LogP contribution in [0.1, 0.15) is 30.9 Å². The van der Waals surface area contributed by atoms with Crippen molar-refractivity contribution in [1.82, 2.24) is 15.1 Å². The number of nitrogens with one attached hydrogen (secondary N) is 1. The molecule has 100 valence electrons. The molecule has 4 N–H and O–H groups in total. The van der Waals surface area contributed by atoms with Gasteiger partial charge < -0.3 is 16.2 Å². The Kier molecular flexibility index (Phi) is 3.98. The highest BCUT2D eigenvalue weighted by molar-refractivity contribution is 5.83. The quantitative estimate of drug-likeness (QED) is 0.685. The van der Waals surface area contributed by atoms with Crippen molar-refractivity contribution in [2.75, 3.05) is 6.61 Å². The summed E-state index contributed by atoms with van der Waals surface area (Å²) in [4.78, 5) is 12.0. The normalized spacial score (nSPS) is 25.1. The number of aromatic nitrogens is 2. The molecule has 0 saturated heterocycles. The zero-order valence-corrected chi connectivity index (χ0v) is 10.5. The predicted octanol–water partition coefficient (Wildman–Crippen LogP) is -0.303. The van der Waals surface area contributed by atoms with E-state index in [1.807, 2.05) is 0 Å². The van der Waals surface area contributed by atoms with E-state index in [1.54, 1.807) is 24.1 Å². The van der Waals surface area contributed by atoms with Crippen LogP contribution in [0.25, 0.3) is 0 Å². The molecule has 1 heterocycles. The molecule has 0 radical (unpaired) electrons. The van der Waals surface area contributed by atoms with Crippen molar-refractivity contribution in [3.05, 3.63) is 18.0 Å². The largest absolute Gasteiger partial charge is 0.396 e. The minimum absolute atomic E-state index is 0.0465. The third kappa shape index (κ3) is 2.70. The molecule has 6 nitrogen and oxygen atoms in total. The smallest absolute Gasteiger partial charge is 0.241 e. The molecule has 1 aromatic heterocycles. The van der Waals surface area contributed by atoms with Gasteiger partial charge in [0.25, 0.3) is 0 Å². The minimum Gasteiger partial charge on any atom is -0.396 e. The van der Waals surface area contributed by atoms with Crippen molar-refractivity contribution in [2.24, 2.45) is 18.7 Å². The van der Waals surface area contributed by atoms with Crippen molar-refractivity contribution in [3.8, 4) is 0 Å². The summed E-state index contributed by atoms with van der Waals surface area (Å²) in [5, 5.41) is 16.1. The van der Waals surface area contributed by atoms with Crippen molar-refractivity contribution >= 4 is 5.91 Å². The lowest BCUT2D eigenvalue weighted by atomic mass is 10.0. The topological polar surface area (TPSA) is 93.2 Å². The molecule has 6 heteroatoms. The Bertz CT molecular complexity index is 418. The first kappa shape index (κ1) is 13.0. The number of rotatable bonds is 4. The number of nitrogens with zero attached hydrogens (tertiary/aromatic N) is 2. The molecular weight excluding hydrogens is 232 g/mol. The fourth-order valence-corrected chi connectivity index (χ4v) is 2.47. The lowest BCUT2D eigenvalue weighted by molar-refractivity contribution is -0.123. The SMILES string of the molecule is Cn1cc(C(N)C(=O)NC2CCCC2CO)cn1. The Morgan fingerprint density at radius 3 is 3.11 bits per heavy atom. The Hall–Kier alpha value is -1.40. The molecule has 1 aliphatic carbocycles. The number of hydrogen-bond donors (Lipinski definition) is 3. The zero-order valence-electron chi connectivity index (χ0n) is 10.5. The first-order chi connectivity index (χ1) is 8.61. The molecule has 1 saturated carbocycles.